The molecule has 0 N–H and O–H groups in total. The van der Waals surface area contributed by atoms with Crippen molar-refractivity contribution in [2.45, 2.75) is 13.0 Å². The zero-order valence-electron chi connectivity index (χ0n) is 11.4. The molecular weight excluding hydrogens is 336 g/mol. The van der Waals surface area contributed by atoms with Gasteiger partial charge in [0.05, 0.1) is 0 Å². The number of aryl methyl sites for hydroxylation is 2. The Hall–Kier alpha value is -2.15. The van der Waals surface area contributed by atoms with Crippen LogP contribution in [-0.4, -0.2) is 19.5 Å². The molecule has 0 saturated carbocycles. The van der Waals surface area contributed by atoms with Gasteiger partial charge >= 0.3 is 5.76 Å². The van der Waals surface area contributed by atoms with Gasteiger partial charge in [0, 0.05) is 41.9 Å². The first kappa shape index (κ1) is 13.8. The number of benzene rings is 1. The minimum absolute atomic E-state index is 0.452. The summed E-state index contributed by atoms with van der Waals surface area (Å²) in [5.74, 6) is 0.0793. The summed E-state index contributed by atoms with van der Waals surface area (Å²) in [6.45, 7) is 0.490. The summed E-state index contributed by atoms with van der Waals surface area (Å²) in [6, 6.07) is 9.53. The van der Waals surface area contributed by atoms with Crippen LogP contribution in [0.25, 0.3) is 11.4 Å². The molecular formula is C14H13BrN4O2. The molecule has 21 heavy (non-hydrogen) atoms. The normalized spacial score (nSPS) is 11.0. The molecule has 108 valence electrons. The SMILES string of the molecule is Cn1nccc1CCn1c(-c2cccc(Br)c2)noc1=O. The third kappa shape index (κ3) is 2.82. The van der Waals surface area contributed by atoms with E-state index < -0.39 is 5.76 Å². The van der Waals surface area contributed by atoms with Crippen molar-refractivity contribution in [1.82, 2.24) is 19.5 Å². The van der Waals surface area contributed by atoms with E-state index in [4.69, 9.17) is 4.52 Å². The lowest BCUT2D eigenvalue weighted by Crippen LogP contribution is -2.17. The van der Waals surface area contributed by atoms with E-state index in [-0.39, 0.29) is 0 Å². The van der Waals surface area contributed by atoms with Crippen molar-refractivity contribution in [2.24, 2.45) is 7.05 Å². The van der Waals surface area contributed by atoms with E-state index in [9.17, 15) is 4.79 Å². The maximum Gasteiger partial charge on any atom is 0.441 e. The molecule has 0 radical (unpaired) electrons. The molecule has 7 heteroatoms. The maximum absolute atomic E-state index is 11.8. The smallest absolute Gasteiger partial charge is 0.295 e. The Morgan fingerprint density at radius 1 is 1.33 bits per heavy atom. The third-order valence-corrected chi connectivity index (χ3v) is 3.78. The van der Waals surface area contributed by atoms with Gasteiger partial charge < -0.3 is 0 Å². The number of nitrogens with zero attached hydrogens (tertiary/aromatic N) is 4. The van der Waals surface area contributed by atoms with Crippen LogP contribution in [0.1, 0.15) is 5.69 Å². The lowest BCUT2D eigenvalue weighted by molar-refractivity contribution is 0.375. The fourth-order valence-corrected chi connectivity index (χ4v) is 2.57. The molecule has 3 rings (SSSR count). The minimum atomic E-state index is -0.452. The highest BCUT2D eigenvalue weighted by Crippen LogP contribution is 2.20. The molecule has 0 unspecified atom stereocenters. The molecule has 3 aromatic rings. The molecule has 0 bridgehead atoms. The first-order valence-corrected chi connectivity index (χ1v) is 7.24. The van der Waals surface area contributed by atoms with Crippen molar-refractivity contribution in [3.8, 4) is 11.4 Å². The Morgan fingerprint density at radius 2 is 2.19 bits per heavy atom. The van der Waals surface area contributed by atoms with Crippen molar-refractivity contribution in [2.75, 3.05) is 0 Å². The highest BCUT2D eigenvalue weighted by molar-refractivity contribution is 9.10. The average Bonchev–Trinajstić information content (AvgIpc) is 3.03. The Bertz CT molecular complexity index is 818. The summed E-state index contributed by atoms with van der Waals surface area (Å²) in [4.78, 5) is 11.8. The van der Waals surface area contributed by atoms with Crippen molar-refractivity contribution < 1.29 is 4.52 Å². The van der Waals surface area contributed by atoms with E-state index in [1.807, 2.05) is 37.4 Å². The molecule has 2 heterocycles. The Morgan fingerprint density at radius 3 is 2.90 bits per heavy atom. The van der Waals surface area contributed by atoms with Gasteiger partial charge in [-0.1, -0.05) is 33.2 Å². The van der Waals surface area contributed by atoms with Gasteiger partial charge in [-0.3, -0.25) is 13.8 Å². The second kappa shape index (κ2) is 5.69. The first-order valence-electron chi connectivity index (χ1n) is 6.44. The van der Waals surface area contributed by atoms with Crippen LogP contribution in [0.4, 0.5) is 0 Å². The fraction of sp³-hybridized carbons (Fsp3) is 0.214. The van der Waals surface area contributed by atoms with Crippen LogP contribution in [-0.2, 0) is 20.0 Å². The van der Waals surface area contributed by atoms with Crippen molar-refractivity contribution in [3.63, 3.8) is 0 Å². The second-order valence-electron chi connectivity index (χ2n) is 4.63. The number of halogens is 1. The quantitative estimate of drug-likeness (QED) is 0.725. The molecule has 0 amide bonds. The highest BCUT2D eigenvalue weighted by atomic mass is 79.9. The second-order valence-corrected chi connectivity index (χ2v) is 5.55. The summed E-state index contributed by atoms with van der Waals surface area (Å²) < 4.78 is 9.06. The first-order chi connectivity index (χ1) is 10.1. The molecule has 0 fully saturated rings. The summed E-state index contributed by atoms with van der Waals surface area (Å²) >= 11 is 3.41. The van der Waals surface area contributed by atoms with Gasteiger partial charge in [-0.05, 0) is 18.2 Å². The monoisotopic (exact) mass is 348 g/mol. The zero-order valence-corrected chi connectivity index (χ0v) is 12.9. The molecule has 0 aliphatic carbocycles. The fourth-order valence-electron chi connectivity index (χ4n) is 2.17. The summed E-state index contributed by atoms with van der Waals surface area (Å²) in [7, 11) is 1.88. The van der Waals surface area contributed by atoms with Crippen LogP contribution >= 0.6 is 15.9 Å². The van der Waals surface area contributed by atoms with Crippen molar-refractivity contribution in [3.05, 3.63) is 57.2 Å². The molecule has 2 aromatic heterocycles. The van der Waals surface area contributed by atoms with Crippen LogP contribution in [0.5, 0.6) is 0 Å². The average molecular weight is 349 g/mol. The van der Waals surface area contributed by atoms with Crippen LogP contribution in [0.2, 0.25) is 0 Å². The molecule has 0 spiro atoms. The summed E-state index contributed by atoms with van der Waals surface area (Å²) in [5.41, 5.74) is 1.88. The van der Waals surface area contributed by atoms with E-state index in [0.717, 1.165) is 15.7 Å². The van der Waals surface area contributed by atoms with Gasteiger partial charge in [-0.25, -0.2) is 4.79 Å². The van der Waals surface area contributed by atoms with Gasteiger partial charge in [-0.2, -0.15) is 5.10 Å². The zero-order chi connectivity index (χ0) is 14.8. The van der Waals surface area contributed by atoms with Crippen molar-refractivity contribution in [1.29, 1.82) is 0 Å². The van der Waals surface area contributed by atoms with Crippen LogP contribution < -0.4 is 5.76 Å². The van der Waals surface area contributed by atoms with Gasteiger partial charge in [0.2, 0.25) is 0 Å². The Labute approximate surface area is 129 Å². The van der Waals surface area contributed by atoms with E-state index in [2.05, 4.69) is 26.2 Å². The van der Waals surface area contributed by atoms with Gasteiger partial charge in [0.1, 0.15) is 0 Å². The van der Waals surface area contributed by atoms with Crippen LogP contribution in [0.15, 0.2) is 50.3 Å². The van der Waals surface area contributed by atoms with E-state index in [0.29, 0.717) is 18.8 Å². The van der Waals surface area contributed by atoms with E-state index in [1.54, 1.807) is 10.9 Å². The lowest BCUT2D eigenvalue weighted by Gasteiger charge is -2.05. The van der Waals surface area contributed by atoms with E-state index in [1.165, 1.54) is 4.57 Å². The highest BCUT2D eigenvalue weighted by Gasteiger charge is 2.13. The predicted molar refractivity (Wildman–Crippen MR) is 80.8 cm³/mol. The predicted octanol–water partition coefficient (Wildman–Crippen LogP) is 2.24. The van der Waals surface area contributed by atoms with Gasteiger partial charge in [0.25, 0.3) is 0 Å². The topological polar surface area (TPSA) is 65.8 Å². The Balaban J connectivity index is 1.91. The minimum Gasteiger partial charge on any atom is -0.295 e. The van der Waals surface area contributed by atoms with Crippen LogP contribution in [0.3, 0.4) is 0 Å². The number of hydrogen-bond acceptors (Lipinski definition) is 4. The molecule has 0 aliphatic rings. The third-order valence-electron chi connectivity index (χ3n) is 3.28. The number of rotatable bonds is 4. The maximum atomic E-state index is 11.8. The molecule has 1 aromatic carbocycles. The van der Waals surface area contributed by atoms with Crippen LogP contribution in [0, 0.1) is 0 Å². The van der Waals surface area contributed by atoms with Gasteiger partial charge in [-0.15, -0.1) is 0 Å². The molecule has 0 atom stereocenters. The summed E-state index contributed by atoms with van der Waals surface area (Å²) in [5, 5.41) is 8.00. The molecule has 6 nitrogen and oxygen atoms in total. The number of aromatic nitrogens is 4. The Kier molecular flexibility index (Phi) is 3.74. The number of hydrogen-bond donors (Lipinski definition) is 0. The van der Waals surface area contributed by atoms with E-state index >= 15 is 0 Å². The van der Waals surface area contributed by atoms with Gasteiger partial charge in [0.15, 0.2) is 5.82 Å². The van der Waals surface area contributed by atoms with Crippen molar-refractivity contribution >= 4 is 15.9 Å². The summed E-state index contributed by atoms with van der Waals surface area (Å²) in [6.07, 6.45) is 2.42. The standard InChI is InChI=1S/C14H13BrN4O2/c1-18-12(5-7-16-18)6-8-19-13(17-21-14(19)20)10-3-2-4-11(15)9-10/h2-5,7,9H,6,8H2,1H3. The molecule has 0 saturated heterocycles. The largest absolute Gasteiger partial charge is 0.441 e. The lowest BCUT2D eigenvalue weighted by atomic mass is 10.2. The molecule has 0 aliphatic heterocycles.